The molecule has 0 bridgehead atoms. The summed E-state index contributed by atoms with van der Waals surface area (Å²) >= 11 is 0. The van der Waals surface area contributed by atoms with Crippen LogP contribution in [-0.4, -0.2) is 48.0 Å². The second-order valence-corrected chi connectivity index (χ2v) is 7.05. The van der Waals surface area contributed by atoms with Gasteiger partial charge in [0.15, 0.2) is 18.1 Å². The molecule has 0 radical (unpaired) electrons. The minimum atomic E-state index is -0.535. The number of carbonyl (C=O) groups excluding carboxylic acids is 2. The standard InChI is InChI=1S/C23H23N3O5/c27-22(24-10-8-17-4-7-20-21(14-17)30-13-12-29-20)16-31-23(28)19-5-2-18(3-6-19)15-26-11-1-9-25-26/h1-7,9,11,14H,8,10,12-13,15-16H2,(H,24,27). The first-order chi connectivity index (χ1) is 15.2. The third kappa shape index (κ3) is 5.63. The van der Waals surface area contributed by atoms with Crippen molar-refractivity contribution in [2.24, 2.45) is 0 Å². The van der Waals surface area contributed by atoms with Crippen molar-refractivity contribution in [3.8, 4) is 11.5 Å². The highest BCUT2D eigenvalue weighted by Crippen LogP contribution is 2.30. The molecule has 8 nitrogen and oxygen atoms in total. The Balaban J connectivity index is 1.18. The molecule has 31 heavy (non-hydrogen) atoms. The minimum absolute atomic E-state index is 0.324. The molecule has 160 valence electrons. The maximum atomic E-state index is 12.2. The highest BCUT2D eigenvalue weighted by atomic mass is 16.6. The second-order valence-electron chi connectivity index (χ2n) is 7.05. The molecule has 2 aromatic carbocycles. The predicted molar refractivity (Wildman–Crippen MR) is 112 cm³/mol. The number of amides is 1. The summed E-state index contributed by atoms with van der Waals surface area (Å²) in [5, 5.41) is 6.90. The summed E-state index contributed by atoms with van der Waals surface area (Å²) < 4.78 is 18.0. The van der Waals surface area contributed by atoms with Crippen LogP contribution < -0.4 is 14.8 Å². The number of nitrogens with zero attached hydrogens (tertiary/aromatic N) is 2. The lowest BCUT2D eigenvalue weighted by Crippen LogP contribution is -2.30. The number of hydrogen-bond acceptors (Lipinski definition) is 6. The van der Waals surface area contributed by atoms with Gasteiger partial charge in [0, 0.05) is 18.9 Å². The maximum Gasteiger partial charge on any atom is 0.338 e. The van der Waals surface area contributed by atoms with Gasteiger partial charge in [-0.15, -0.1) is 0 Å². The SMILES string of the molecule is O=C(COC(=O)c1ccc(Cn2cccn2)cc1)NCCc1ccc2c(c1)OCCO2. The van der Waals surface area contributed by atoms with Gasteiger partial charge >= 0.3 is 5.97 Å². The van der Waals surface area contributed by atoms with E-state index in [2.05, 4.69) is 10.4 Å². The van der Waals surface area contributed by atoms with Gasteiger partial charge in [-0.3, -0.25) is 9.48 Å². The molecule has 1 N–H and O–H groups in total. The molecule has 1 aromatic heterocycles. The predicted octanol–water partition coefficient (Wildman–Crippen LogP) is 2.22. The summed E-state index contributed by atoms with van der Waals surface area (Å²) in [7, 11) is 0. The summed E-state index contributed by atoms with van der Waals surface area (Å²) in [5.41, 5.74) is 2.43. The van der Waals surface area contributed by atoms with Gasteiger partial charge in [0.05, 0.1) is 12.1 Å². The fourth-order valence-electron chi connectivity index (χ4n) is 3.18. The highest BCUT2D eigenvalue weighted by molar-refractivity contribution is 5.91. The third-order valence-electron chi connectivity index (χ3n) is 4.77. The average Bonchev–Trinajstić information content (AvgIpc) is 3.31. The van der Waals surface area contributed by atoms with Crippen LogP contribution >= 0.6 is 0 Å². The number of carbonyl (C=O) groups is 2. The van der Waals surface area contributed by atoms with Crippen molar-refractivity contribution in [2.75, 3.05) is 26.4 Å². The summed E-state index contributed by atoms with van der Waals surface area (Å²) in [5.74, 6) is 0.578. The number of rotatable bonds is 8. The molecule has 0 spiro atoms. The Kier molecular flexibility index (Phi) is 6.47. The quantitative estimate of drug-likeness (QED) is 0.561. The lowest BCUT2D eigenvalue weighted by molar-refractivity contribution is -0.124. The van der Waals surface area contributed by atoms with Crippen molar-refractivity contribution in [2.45, 2.75) is 13.0 Å². The fourth-order valence-corrected chi connectivity index (χ4v) is 3.18. The van der Waals surface area contributed by atoms with E-state index >= 15 is 0 Å². The van der Waals surface area contributed by atoms with Gasteiger partial charge in [-0.1, -0.05) is 18.2 Å². The number of hydrogen-bond donors (Lipinski definition) is 1. The molecule has 8 heteroatoms. The van der Waals surface area contributed by atoms with Gasteiger partial charge in [-0.05, 0) is 47.9 Å². The first-order valence-electron chi connectivity index (χ1n) is 10.1. The Bertz CT molecular complexity index is 1030. The Labute approximate surface area is 179 Å². The van der Waals surface area contributed by atoms with E-state index in [1.165, 1.54) is 0 Å². The zero-order chi connectivity index (χ0) is 21.5. The van der Waals surface area contributed by atoms with Crippen LogP contribution in [0.5, 0.6) is 11.5 Å². The van der Waals surface area contributed by atoms with Crippen LogP contribution in [0.15, 0.2) is 60.9 Å². The van der Waals surface area contributed by atoms with E-state index in [9.17, 15) is 9.59 Å². The van der Waals surface area contributed by atoms with E-state index in [0.29, 0.717) is 38.3 Å². The van der Waals surface area contributed by atoms with Crippen LogP contribution in [-0.2, 0) is 22.5 Å². The molecule has 1 aliphatic rings. The Morgan fingerprint density at radius 2 is 1.81 bits per heavy atom. The molecular weight excluding hydrogens is 398 g/mol. The number of fused-ring (bicyclic) bond motifs is 1. The molecule has 1 amide bonds. The summed E-state index contributed by atoms with van der Waals surface area (Å²) in [6, 6.07) is 14.6. The van der Waals surface area contributed by atoms with Crippen LogP contribution in [0, 0.1) is 0 Å². The molecule has 0 atom stereocenters. The van der Waals surface area contributed by atoms with Crippen molar-refractivity contribution in [1.82, 2.24) is 15.1 Å². The summed E-state index contributed by atoms with van der Waals surface area (Å²) in [4.78, 5) is 24.2. The molecule has 0 saturated carbocycles. The third-order valence-corrected chi connectivity index (χ3v) is 4.77. The molecule has 0 aliphatic carbocycles. The normalized spacial score (nSPS) is 12.3. The fraction of sp³-hybridized carbons (Fsp3) is 0.261. The number of esters is 1. The number of benzene rings is 2. The maximum absolute atomic E-state index is 12.2. The zero-order valence-electron chi connectivity index (χ0n) is 17.0. The molecule has 3 aromatic rings. The minimum Gasteiger partial charge on any atom is -0.486 e. The van der Waals surface area contributed by atoms with Crippen molar-refractivity contribution >= 4 is 11.9 Å². The Hall–Kier alpha value is -3.81. The van der Waals surface area contributed by atoms with Crippen molar-refractivity contribution < 1.29 is 23.8 Å². The molecule has 0 fully saturated rings. The van der Waals surface area contributed by atoms with Gasteiger partial charge in [0.1, 0.15) is 13.2 Å². The first-order valence-corrected chi connectivity index (χ1v) is 10.1. The Morgan fingerprint density at radius 1 is 1.03 bits per heavy atom. The van der Waals surface area contributed by atoms with Crippen molar-refractivity contribution in [3.63, 3.8) is 0 Å². The van der Waals surface area contributed by atoms with Crippen LogP contribution in [0.1, 0.15) is 21.5 Å². The van der Waals surface area contributed by atoms with E-state index in [-0.39, 0.29) is 12.5 Å². The topological polar surface area (TPSA) is 91.7 Å². The smallest absolute Gasteiger partial charge is 0.338 e. The van der Waals surface area contributed by atoms with Crippen LogP contribution in [0.3, 0.4) is 0 Å². The largest absolute Gasteiger partial charge is 0.486 e. The van der Waals surface area contributed by atoms with Crippen molar-refractivity contribution in [3.05, 3.63) is 77.6 Å². The van der Waals surface area contributed by atoms with Gasteiger partial charge in [-0.25, -0.2) is 4.79 Å². The van der Waals surface area contributed by atoms with E-state index in [1.807, 2.05) is 42.6 Å². The van der Waals surface area contributed by atoms with E-state index in [0.717, 1.165) is 22.6 Å². The molecule has 2 heterocycles. The lowest BCUT2D eigenvalue weighted by atomic mass is 10.1. The van der Waals surface area contributed by atoms with E-state index < -0.39 is 5.97 Å². The molecule has 1 aliphatic heterocycles. The van der Waals surface area contributed by atoms with Crippen LogP contribution in [0.4, 0.5) is 0 Å². The van der Waals surface area contributed by atoms with Crippen molar-refractivity contribution in [1.29, 1.82) is 0 Å². The second kappa shape index (κ2) is 9.80. The Morgan fingerprint density at radius 3 is 2.58 bits per heavy atom. The van der Waals surface area contributed by atoms with E-state index in [1.54, 1.807) is 23.0 Å². The molecule has 0 unspecified atom stereocenters. The number of ether oxygens (including phenoxy) is 3. The molecule has 0 saturated heterocycles. The van der Waals surface area contributed by atoms with Gasteiger partial charge < -0.3 is 19.5 Å². The first kappa shape index (κ1) is 20.5. The van der Waals surface area contributed by atoms with Gasteiger partial charge in [-0.2, -0.15) is 5.10 Å². The van der Waals surface area contributed by atoms with Gasteiger partial charge in [0.25, 0.3) is 5.91 Å². The van der Waals surface area contributed by atoms with Crippen LogP contribution in [0.25, 0.3) is 0 Å². The average molecular weight is 421 g/mol. The molecular formula is C23H23N3O5. The summed E-state index contributed by atoms with van der Waals surface area (Å²) in [6.45, 7) is 1.81. The summed E-state index contributed by atoms with van der Waals surface area (Å²) in [6.07, 6.45) is 4.22. The highest BCUT2D eigenvalue weighted by Gasteiger charge is 2.13. The monoisotopic (exact) mass is 421 g/mol. The molecule has 4 rings (SSSR count). The zero-order valence-corrected chi connectivity index (χ0v) is 17.0. The van der Waals surface area contributed by atoms with E-state index in [4.69, 9.17) is 14.2 Å². The van der Waals surface area contributed by atoms with Crippen LogP contribution in [0.2, 0.25) is 0 Å². The number of aromatic nitrogens is 2. The van der Waals surface area contributed by atoms with Gasteiger partial charge in [0.2, 0.25) is 0 Å². The number of nitrogens with one attached hydrogen (secondary N) is 1. The lowest BCUT2D eigenvalue weighted by Gasteiger charge is -2.18.